The maximum absolute atomic E-state index is 12.5. The first-order valence-corrected chi connectivity index (χ1v) is 23.9. The van der Waals surface area contributed by atoms with Crippen molar-refractivity contribution >= 4 is 19.8 Å². The number of carbonyl (C=O) groups excluding carboxylic acids is 2. The molecule has 57 heavy (non-hydrogen) atoms. The number of allylic oxidation sites excluding steroid dienone is 2. The van der Waals surface area contributed by atoms with Crippen LogP contribution in [0.15, 0.2) is 24.3 Å². The molecule has 13 heteroatoms. The van der Waals surface area contributed by atoms with Gasteiger partial charge < -0.3 is 39.3 Å². The normalized spacial score (nSPS) is 20.1. The molecule has 1 rings (SSSR count). The smallest absolute Gasteiger partial charge is 0.462 e. The quantitative estimate of drug-likeness (QED) is 0.0174. The van der Waals surface area contributed by atoms with Crippen LogP contribution in [0.25, 0.3) is 0 Å². The van der Waals surface area contributed by atoms with Crippen LogP contribution in [-0.4, -0.2) is 81.0 Å². The highest BCUT2D eigenvalue weighted by atomic mass is 31.2. The first-order chi connectivity index (χ1) is 27.3. The molecule has 0 aromatic heterocycles. The van der Waals surface area contributed by atoms with Crippen LogP contribution >= 0.6 is 7.82 Å². The summed E-state index contributed by atoms with van der Waals surface area (Å²) in [6, 6.07) is 0. The van der Waals surface area contributed by atoms with Crippen LogP contribution < -0.4 is 0 Å². The van der Waals surface area contributed by atoms with Crippen LogP contribution in [0.5, 0.6) is 0 Å². The van der Waals surface area contributed by atoms with E-state index in [9.17, 15) is 29.5 Å². The summed E-state index contributed by atoms with van der Waals surface area (Å²) in [7, 11) is -4.83. The number of phosphoric ester groups is 1. The Kier molecular flexibility index (Phi) is 32.0. The largest absolute Gasteiger partial charge is 0.469 e. The molecule has 1 fully saturated rings. The number of unbranched alkanes of at least 4 members (excludes halogenated alkanes) is 17. The van der Waals surface area contributed by atoms with Crippen LogP contribution in [0, 0.1) is 11.8 Å². The lowest BCUT2D eigenvalue weighted by atomic mass is 9.87. The molecule has 0 amide bonds. The summed E-state index contributed by atoms with van der Waals surface area (Å²) in [4.78, 5) is 43.2. The van der Waals surface area contributed by atoms with Crippen LogP contribution in [0.2, 0.25) is 0 Å². The molecule has 6 atom stereocenters. The zero-order chi connectivity index (χ0) is 42.2. The minimum atomic E-state index is -4.83. The Labute approximate surface area is 344 Å². The molecule has 0 aliphatic carbocycles. The molecule has 0 spiro atoms. The fourth-order valence-corrected chi connectivity index (χ4v) is 7.37. The van der Waals surface area contributed by atoms with E-state index in [1.165, 1.54) is 77.0 Å². The van der Waals surface area contributed by atoms with E-state index in [4.69, 9.17) is 24.0 Å². The van der Waals surface area contributed by atoms with Crippen molar-refractivity contribution in [3.63, 3.8) is 0 Å². The van der Waals surface area contributed by atoms with Crippen molar-refractivity contribution in [2.75, 3.05) is 13.2 Å². The summed E-state index contributed by atoms with van der Waals surface area (Å²) in [6.45, 7) is 5.70. The molecule has 1 saturated heterocycles. The lowest BCUT2D eigenvalue weighted by molar-refractivity contribution is -0.199. The number of hydrogen-bond acceptors (Lipinski definition) is 10. The molecular weight excluding hydrogens is 751 g/mol. The summed E-state index contributed by atoms with van der Waals surface area (Å²) in [5.74, 6) is -0.570. The van der Waals surface area contributed by atoms with E-state index < -0.39 is 57.1 Å². The van der Waals surface area contributed by atoms with Crippen LogP contribution in [-0.2, 0) is 32.9 Å². The van der Waals surface area contributed by atoms with Crippen molar-refractivity contribution in [2.45, 2.75) is 218 Å². The second-order valence-electron chi connectivity index (χ2n) is 16.4. The average molecular weight is 833 g/mol. The Hall–Kier alpha value is -1.63. The van der Waals surface area contributed by atoms with E-state index in [2.05, 4.69) is 25.3 Å². The topological polar surface area (TPSA) is 189 Å². The van der Waals surface area contributed by atoms with Gasteiger partial charge in [-0.1, -0.05) is 161 Å². The average Bonchev–Trinajstić information content (AvgIpc) is 3.14. The third-order valence-corrected chi connectivity index (χ3v) is 10.9. The molecule has 0 saturated carbocycles. The Morgan fingerprint density at radius 3 is 1.89 bits per heavy atom. The van der Waals surface area contributed by atoms with Gasteiger partial charge in [0.05, 0.1) is 24.9 Å². The second kappa shape index (κ2) is 34.1. The lowest BCUT2D eigenvalue weighted by Crippen LogP contribution is -2.43. The maximum atomic E-state index is 12.5. The number of hydrogen-bond donors (Lipinski definition) is 5. The minimum absolute atomic E-state index is 0.0200. The number of aliphatic hydroxyl groups excluding tert-OH is 3. The maximum Gasteiger partial charge on any atom is 0.469 e. The van der Waals surface area contributed by atoms with Gasteiger partial charge in [0.1, 0.15) is 6.61 Å². The molecule has 5 N–H and O–H groups in total. The molecule has 0 aromatic carbocycles. The highest BCUT2D eigenvalue weighted by Gasteiger charge is 2.35. The summed E-state index contributed by atoms with van der Waals surface area (Å²) in [5.41, 5.74) is 0. The summed E-state index contributed by atoms with van der Waals surface area (Å²) in [6.07, 6.45) is 28.1. The molecule has 1 aliphatic rings. The van der Waals surface area contributed by atoms with E-state index in [0.29, 0.717) is 32.1 Å². The highest BCUT2D eigenvalue weighted by molar-refractivity contribution is 7.46. The van der Waals surface area contributed by atoms with Crippen molar-refractivity contribution in [3.05, 3.63) is 24.3 Å². The first kappa shape index (κ1) is 53.4. The van der Waals surface area contributed by atoms with Crippen LogP contribution in [0.4, 0.5) is 0 Å². The number of esters is 2. The fourth-order valence-electron chi connectivity index (χ4n) is 7.01. The molecule has 1 heterocycles. The highest BCUT2D eigenvalue weighted by Crippen LogP contribution is 2.36. The van der Waals surface area contributed by atoms with Gasteiger partial charge in [-0.2, -0.15) is 0 Å². The van der Waals surface area contributed by atoms with E-state index in [1.807, 2.05) is 12.2 Å². The van der Waals surface area contributed by atoms with Crippen molar-refractivity contribution < 1.29 is 58.0 Å². The minimum Gasteiger partial charge on any atom is -0.462 e. The van der Waals surface area contributed by atoms with Crippen molar-refractivity contribution in [2.24, 2.45) is 11.8 Å². The zero-order valence-corrected chi connectivity index (χ0v) is 36.6. The number of carbonyl (C=O) groups is 2. The molecule has 1 aliphatic heterocycles. The fraction of sp³-hybridized carbons (Fsp3) is 0.864. The molecule has 334 valence electrons. The van der Waals surface area contributed by atoms with Gasteiger partial charge in [-0.05, 0) is 38.0 Å². The molecule has 1 unspecified atom stereocenters. The van der Waals surface area contributed by atoms with E-state index >= 15 is 0 Å². The second-order valence-corrected chi connectivity index (χ2v) is 17.6. The zero-order valence-electron chi connectivity index (χ0n) is 35.7. The van der Waals surface area contributed by atoms with Crippen molar-refractivity contribution in [3.8, 4) is 0 Å². The third-order valence-electron chi connectivity index (χ3n) is 10.4. The number of rotatable bonds is 36. The SMILES string of the molecule is CCCCC[C@H](O)/C=C/[C@H]1OC(O)C[C@H](O)[C@@H]1C/C=C\CCCC(=O)O[C@H](COC(=O)CCCCCCCCCCCCCCCCCC(C)C)COP(=O)(O)O. The molecule has 0 radical (unpaired) electrons. The summed E-state index contributed by atoms with van der Waals surface area (Å²) >= 11 is 0. The van der Waals surface area contributed by atoms with Gasteiger partial charge in [-0.25, -0.2) is 4.57 Å². The standard InChI is InChI=1S/C44H81O12P/c1-4-5-21-27-37(45)31-32-41-39(40(46)33-44(49)56-41)28-23-19-20-25-30-43(48)55-38(35-54-57(50,51)52)34-53-42(47)29-24-18-16-14-12-10-8-6-7-9-11-13-15-17-22-26-36(2)3/h19,23,31-32,36-41,44-46,49H,4-18,20-22,24-30,33-35H2,1-3H3,(H2,50,51,52)/b23-19-,32-31+/t37-,38+,39-,40-,41+,44?/m0/s1. The lowest BCUT2D eigenvalue weighted by Gasteiger charge is -2.36. The van der Waals surface area contributed by atoms with Gasteiger partial charge in [-0.15, -0.1) is 0 Å². The van der Waals surface area contributed by atoms with Crippen LogP contribution in [0.1, 0.15) is 188 Å². The summed E-state index contributed by atoms with van der Waals surface area (Å²) < 4.78 is 32.1. The van der Waals surface area contributed by atoms with Crippen molar-refractivity contribution in [1.29, 1.82) is 0 Å². The predicted molar refractivity (Wildman–Crippen MR) is 224 cm³/mol. The Morgan fingerprint density at radius 1 is 0.754 bits per heavy atom. The van der Waals surface area contributed by atoms with E-state index in [0.717, 1.165) is 44.4 Å². The number of phosphoric acid groups is 1. The van der Waals surface area contributed by atoms with Crippen LogP contribution in [0.3, 0.4) is 0 Å². The van der Waals surface area contributed by atoms with Gasteiger partial charge in [-0.3, -0.25) is 14.1 Å². The Bertz CT molecular complexity index is 1110. The van der Waals surface area contributed by atoms with E-state index in [-0.39, 0.29) is 31.8 Å². The monoisotopic (exact) mass is 833 g/mol. The van der Waals surface area contributed by atoms with Gasteiger partial charge in [0, 0.05) is 25.2 Å². The van der Waals surface area contributed by atoms with Gasteiger partial charge in [0.25, 0.3) is 0 Å². The van der Waals surface area contributed by atoms with Crippen molar-refractivity contribution in [1.82, 2.24) is 0 Å². The summed E-state index contributed by atoms with van der Waals surface area (Å²) in [5, 5.41) is 30.9. The molecule has 0 bridgehead atoms. The molecular formula is C44H81O12P. The molecule has 12 nitrogen and oxygen atoms in total. The third kappa shape index (κ3) is 31.9. The Balaban J connectivity index is 2.27. The number of ether oxygens (including phenoxy) is 3. The number of aliphatic hydroxyl groups is 3. The van der Waals surface area contributed by atoms with Gasteiger partial charge >= 0.3 is 19.8 Å². The van der Waals surface area contributed by atoms with Gasteiger partial charge in [0.2, 0.25) is 0 Å². The van der Waals surface area contributed by atoms with E-state index in [1.54, 1.807) is 12.2 Å². The molecule has 0 aromatic rings. The first-order valence-electron chi connectivity index (χ1n) is 22.4. The van der Waals surface area contributed by atoms with Gasteiger partial charge in [0.15, 0.2) is 12.4 Å². The predicted octanol–water partition coefficient (Wildman–Crippen LogP) is 9.54. The Morgan fingerprint density at radius 2 is 1.32 bits per heavy atom.